The van der Waals surface area contributed by atoms with E-state index in [0.717, 1.165) is 6.42 Å². The summed E-state index contributed by atoms with van der Waals surface area (Å²) >= 11 is 12.2. The van der Waals surface area contributed by atoms with Gasteiger partial charge in [-0.2, -0.15) is 0 Å². The van der Waals surface area contributed by atoms with Gasteiger partial charge in [0.15, 0.2) is 0 Å². The van der Waals surface area contributed by atoms with Crippen molar-refractivity contribution in [1.82, 2.24) is 0 Å². The Labute approximate surface area is 101 Å². The van der Waals surface area contributed by atoms with Gasteiger partial charge in [-0.15, -0.1) is 23.2 Å². The second-order valence-electron chi connectivity index (χ2n) is 5.36. The normalized spacial score (nSPS) is 33.7. The van der Waals surface area contributed by atoms with E-state index in [1.54, 1.807) is 0 Å². The highest BCUT2D eigenvalue weighted by molar-refractivity contribution is 6.53. The third-order valence-electron chi connectivity index (χ3n) is 3.05. The van der Waals surface area contributed by atoms with Crippen LogP contribution in [0, 0.1) is 11.3 Å². The van der Waals surface area contributed by atoms with Crippen molar-refractivity contribution in [3.63, 3.8) is 0 Å². The van der Waals surface area contributed by atoms with Gasteiger partial charge >= 0.3 is 5.97 Å². The highest BCUT2D eigenvalue weighted by Gasteiger charge is 2.76. The summed E-state index contributed by atoms with van der Waals surface area (Å²) in [6, 6.07) is 0. The smallest absolute Gasteiger partial charge is 0.313 e. The van der Waals surface area contributed by atoms with Gasteiger partial charge in [0.2, 0.25) is 0 Å². The fourth-order valence-corrected chi connectivity index (χ4v) is 2.83. The molecule has 0 heterocycles. The average molecular weight is 253 g/mol. The third-order valence-corrected chi connectivity index (χ3v) is 4.35. The summed E-state index contributed by atoms with van der Waals surface area (Å²) in [5.74, 6) is -0.700. The van der Waals surface area contributed by atoms with Crippen LogP contribution in [0.15, 0.2) is 0 Å². The zero-order chi connectivity index (χ0) is 12.1. The predicted octanol–water partition coefficient (Wildman–Crippen LogP) is 3.55. The van der Waals surface area contributed by atoms with E-state index in [9.17, 15) is 4.79 Å². The molecule has 1 saturated carbocycles. The Balaban J connectivity index is 2.73. The van der Waals surface area contributed by atoms with E-state index in [-0.39, 0.29) is 11.4 Å². The van der Waals surface area contributed by atoms with Crippen LogP contribution in [-0.2, 0) is 9.53 Å². The van der Waals surface area contributed by atoms with Crippen molar-refractivity contribution in [1.29, 1.82) is 0 Å². The fraction of sp³-hybridized carbons (Fsp3) is 0.909. The van der Waals surface area contributed by atoms with Crippen molar-refractivity contribution >= 4 is 29.2 Å². The number of ether oxygens (including phenoxy) is 1. The summed E-state index contributed by atoms with van der Waals surface area (Å²) in [5, 5.41) is 0. The number of esters is 1. The molecule has 0 bridgehead atoms. The minimum Gasteiger partial charge on any atom is -0.460 e. The molecule has 2 atom stereocenters. The van der Waals surface area contributed by atoms with E-state index in [0.29, 0.717) is 0 Å². The highest BCUT2D eigenvalue weighted by atomic mass is 35.5. The topological polar surface area (TPSA) is 26.3 Å². The molecule has 0 aliphatic heterocycles. The van der Waals surface area contributed by atoms with Crippen molar-refractivity contribution in [3.05, 3.63) is 0 Å². The van der Waals surface area contributed by atoms with Gasteiger partial charge in [-0.1, -0.05) is 13.8 Å². The summed E-state index contributed by atoms with van der Waals surface area (Å²) in [6.45, 7) is 9.40. The molecule has 4 heteroatoms. The molecule has 0 radical (unpaired) electrons. The number of hydrogen-bond donors (Lipinski definition) is 0. The summed E-state index contributed by atoms with van der Waals surface area (Å²) in [6.07, 6.45) is 0.768. The van der Waals surface area contributed by atoms with Crippen LogP contribution in [0.25, 0.3) is 0 Å². The van der Waals surface area contributed by atoms with Crippen molar-refractivity contribution in [2.24, 2.45) is 11.3 Å². The molecular formula is C11H18Cl2O2. The first kappa shape index (κ1) is 13.1. The first-order valence-corrected chi connectivity index (χ1v) is 5.92. The molecule has 15 heavy (non-hydrogen) atoms. The van der Waals surface area contributed by atoms with Crippen LogP contribution in [-0.4, -0.2) is 15.9 Å². The van der Waals surface area contributed by atoms with Gasteiger partial charge in [0, 0.05) is 5.41 Å². The second-order valence-corrected chi connectivity index (χ2v) is 6.75. The number of halogens is 2. The zero-order valence-corrected chi connectivity index (χ0v) is 11.4. The Morgan fingerprint density at radius 1 is 1.40 bits per heavy atom. The van der Waals surface area contributed by atoms with Crippen LogP contribution in [0.3, 0.4) is 0 Å². The van der Waals surface area contributed by atoms with Gasteiger partial charge < -0.3 is 4.74 Å². The van der Waals surface area contributed by atoms with Gasteiger partial charge in [0.1, 0.15) is 9.93 Å². The van der Waals surface area contributed by atoms with Crippen LogP contribution in [0.5, 0.6) is 0 Å². The van der Waals surface area contributed by atoms with Gasteiger partial charge in [-0.25, -0.2) is 0 Å². The minimum atomic E-state index is -0.968. The molecule has 1 aliphatic rings. The Kier molecular flexibility index (Phi) is 3.08. The number of carbonyl (C=O) groups excluding carboxylic acids is 1. The first-order chi connectivity index (χ1) is 6.56. The maximum absolute atomic E-state index is 11.8. The van der Waals surface area contributed by atoms with E-state index < -0.39 is 15.9 Å². The third kappa shape index (κ3) is 2.12. The molecule has 1 aliphatic carbocycles. The highest BCUT2D eigenvalue weighted by Crippen LogP contribution is 2.71. The largest absolute Gasteiger partial charge is 0.460 e. The predicted molar refractivity (Wildman–Crippen MR) is 62.2 cm³/mol. The minimum absolute atomic E-state index is 0.295. The molecular weight excluding hydrogens is 235 g/mol. The molecule has 0 aromatic carbocycles. The summed E-state index contributed by atoms with van der Waals surface area (Å²) in [5.41, 5.74) is -0.837. The lowest BCUT2D eigenvalue weighted by molar-refractivity contribution is -0.157. The molecule has 0 spiro atoms. The number of hydrogen-bond acceptors (Lipinski definition) is 2. The van der Waals surface area contributed by atoms with Crippen LogP contribution in [0.1, 0.15) is 41.0 Å². The number of rotatable bonds is 2. The lowest BCUT2D eigenvalue weighted by Gasteiger charge is -2.20. The monoisotopic (exact) mass is 252 g/mol. The van der Waals surface area contributed by atoms with Crippen LogP contribution in [0.2, 0.25) is 0 Å². The lowest BCUT2D eigenvalue weighted by Crippen LogP contribution is -2.26. The average Bonchev–Trinajstić information content (AvgIpc) is 2.43. The number of carbonyl (C=O) groups is 1. The lowest BCUT2D eigenvalue weighted by atomic mass is 10.0. The van der Waals surface area contributed by atoms with Crippen molar-refractivity contribution in [2.45, 2.75) is 51.0 Å². The van der Waals surface area contributed by atoms with Crippen molar-refractivity contribution < 1.29 is 9.53 Å². The van der Waals surface area contributed by atoms with Crippen molar-refractivity contribution in [2.75, 3.05) is 0 Å². The molecule has 2 nitrogen and oxygen atoms in total. The molecule has 88 valence electrons. The maximum atomic E-state index is 11.8. The van der Waals surface area contributed by atoms with E-state index in [1.165, 1.54) is 0 Å². The molecule has 0 aromatic heterocycles. The Bertz CT molecular complexity index is 281. The molecule has 1 rings (SSSR count). The SMILES string of the molecule is CCC1(C)C(C(=O)OC(C)(C)C)C1(Cl)Cl. The van der Waals surface area contributed by atoms with Gasteiger partial charge in [-0.3, -0.25) is 4.79 Å². The van der Waals surface area contributed by atoms with E-state index >= 15 is 0 Å². The van der Waals surface area contributed by atoms with Gasteiger partial charge in [0.25, 0.3) is 0 Å². The summed E-state index contributed by atoms with van der Waals surface area (Å²) in [7, 11) is 0. The number of alkyl halides is 2. The molecule has 1 fully saturated rings. The Morgan fingerprint density at radius 2 is 1.87 bits per heavy atom. The van der Waals surface area contributed by atoms with Gasteiger partial charge in [-0.05, 0) is 27.2 Å². The molecule has 0 amide bonds. The summed E-state index contributed by atoms with van der Waals surface area (Å²) < 4.78 is 4.32. The molecule has 0 saturated heterocycles. The van der Waals surface area contributed by atoms with E-state index in [4.69, 9.17) is 27.9 Å². The van der Waals surface area contributed by atoms with Crippen LogP contribution >= 0.6 is 23.2 Å². The maximum Gasteiger partial charge on any atom is 0.313 e. The molecule has 2 unspecified atom stereocenters. The Hall–Kier alpha value is 0.0500. The second kappa shape index (κ2) is 3.53. The van der Waals surface area contributed by atoms with Crippen molar-refractivity contribution in [3.8, 4) is 0 Å². The zero-order valence-electron chi connectivity index (χ0n) is 9.86. The quantitative estimate of drug-likeness (QED) is 0.555. The molecule has 0 N–H and O–H groups in total. The summed E-state index contributed by atoms with van der Waals surface area (Å²) in [4.78, 5) is 11.8. The molecule has 0 aromatic rings. The fourth-order valence-electron chi connectivity index (χ4n) is 1.79. The van der Waals surface area contributed by atoms with E-state index in [1.807, 2.05) is 34.6 Å². The van der Waals surface area contributed by atoms with Crippen LogP contribution < -0.4 is 0 Å². The van der Waals surface area contributed by atoms with Gasteiger partial charge in [0.05, 0.1) is 5.92 Å². The first-order valence-electron chi connectivity index (χ1n) is 5.17. The van der Waals surface area contributed by atoms with Crippen LogP contribution in [0.4, 0.5) is 0 Å². The standard InChI is InChI=1S/C11H18Cl2O2/c1-6-10(5)7(11(10,12)13)8(14)15-9(2,3)4/h7H,6H2,1-5H3. The Morgan fingerprint density at radius 3 is 2.13 bits per heavy atom. The van der Waals surface area contributed by atoms with E-state index in [2.05, 4.69) is 0 Å².